The van der Waals surface area contributed by atoms with Crippen LogP contribution in [0.25, 0.3) is 0 Å². The van der Waals surface area contributed by atoms with Crippen LogP contribution < -0.4 is 0 Å². The summed E-state index contributed by atoms with van der Waals surface area (Å²) in [6.45, 7) is 2.15. The molecular weight excluding hydrogens is 202 g/mol. The van der Waals surface area contributed by atoms with E-state index in [-0.39, 0.29) is 0 Å². The maximum absolute atomic E-state index is 9.06. The quantitative estimate of drug-likeness (QED) is 0.766. The molecule has 0 saturated heterocycles. The highest BCUT2D eigenvalue weighted by Crippen LogP contribution is 2.39. The number of nitrogens with zero attached hydrogens (tertiary/aromatic N) is 1. The van der Waals surface area contributed by atoms with E-state index in [1.807, 2.05) is 17.8 Å². The molecule has 0 unspecified atom stereocenters. The van der Waals surface area contributed by atoms with Crippen molar-refractivity contribution >= 4 is 11.8 Å². The summed E-state index contributed by atoms with van der Waals surface area (Å²) in [4.78, 5) is 1.26. The molecule has 0 radical (unpaired) electrons. The second-order valence-electron chi connectivity index (χ2n) is 4.00. The van der Waals surface area contributed by atoms with E-state index in [4.69, 9.17) is 5.26 Å². The Bertz CT molecular complexity index is 388. The van der Waals surface area contributed by atoms with Crippen molar-refractivity contribution < 1.29 is 0 Å². The van der Waals surface area contributed by atoms with Gasteiger partial charge in [-0.05, 0) is 37.0 Å². The highest BCUT2D eigenvalue weighted by molar-refractivity contribution is 8.00. The Morgan fingerprint density at radius 2 is 2.27 bits per heavy atom. The molecule has 1 aliphatic carbocycles. The summed E-state index contributed by atoms with van der Waals surface area (Å²) < 4.78 is 0. The van der Waals surface area contributed by atoms with Crippen molar-refractivity contribution in [3.8, 4) is 6.07 Å². The van der Waals surface area contributed by atoms with Crippen LogP contribution in [-0.2, 0) is 6.42 Å². The molecule has 1 aromatic rings. The predicted octanol–water partition coefficient (Wildman–Crippen LogP) is 3.77. The number of benzene rings is 1. The summed E-state index contributed by atoms with van der Waals surface area (Å²) in [7, 11) is 0. The molecule has 0 amide bonds. The minimum absolute atomic E-state index is 0.813. The van der Waals surface area contributed by atoms with Crippen LogP contribution in [0.1, 0.15) is 37.3 Å². The first kappa shape index (κ1) is 10.6. The van der Waals surface area contributed by atoms with Crippen LogP contribution in [-0.4, -0.2) is 5.25 Å². The Kier molecular flexibility index (Phi) is 3.33. The molecule has 2 heteroatoms. The topological polar surface area (TPSA) is 23.8 Å². The van der Waals surface area contributed by atoms with E-state index in [2.05, 4.69) is 25.1 Å². The number of hydrogen-bond acceptors (Lipinski definition) is 2. The van der Waals surface area contributed by atoms with Crippen molar-refractivity contribution in [1.82, 2.24) is 0 Å². The largest absolute Gasteiger partial charge is 0.192 e. The molecule has 1 nitrogen and oxygen atoms in total. The van der Waals surface area contributed by atoms with Gasteiger partial charge in [0.2, 0.25) is 0 Å². The summed E-state index contributed by atoms with van der Waals surface area (Å²) in [6, 6.07) is 8.63. The smallest absolute Gasteiger partial charge is 0.0994 e. The minimum Gasteiger partial charge on any atom is -0.192 e. The first-order valence-electron chi connectivity index (χ1n) is 5.53. The summed E-state index contributed by atoms with van der Waals surface area (Å²) >= 11 is 1.91. The number of aryl methyl sites for hydroxylation is 1. The Balaban J connectivity index is 2.17. The number of rotatable bonds is 4. The second-order valence-corrected chi connectivity index (χ2v) is 5.37. The molecule has 0 N–H and O–H groups in total. The van der Waals surface area contributed by atoms with Gasteiger partial charge in [0.05, 0.1) is 11.6 Å². The van der Waals surface area contributed by atoms with Crippen LogP contribution in [0.3, 0.4) is 0 Å². The van der Waals surface area contributed by atoms with Crippen molar-refractivity contribution in [1.29, 1.82) is 5.26 Å². The fraction of sp³-hybridized carbons (Fsp3) is 0.462. The Hall–Kier alpha value is -0.940. The average molecular weight is 217 g/mol. The summed E-state index contributed by atoms with van der Waals surface area (Å²) in [5.41, 5.74) is 2.06. The van der Waals surface area contributed by atoms with E-state index in [1.54, 1.807) is 0 Å². The molecule has 15 heavy (non-hydrogen) atoms. The van der Waals surface area contributed by atoms with Gasteiger partial charge in [-0.1, -0.05) is 19.4 Å². The third kappa shape index (κ3) is 2.76. The lowest BCUT2D eigenvalue weighted by Gasteiger charge is -2.05. The fourth-order valence-corrected chi connectivity index (χ4v) is 2.69. The molecule has 2 rings (SSSR count). The normalized spacial score (nSPS) is 14.9. The van der Waals surface area contributed by atoms with Gasteiger partial charge in [-0.25, -0.2) is 0 Å². The molecule has 1 aliphatic rings. The van der Waals surface area contributed by atoms with Crippen molar-refractivity contribution in [2.45, 2.75) is 42.8 Å². The van der Waals surface area contributed by atoms with Crippen LogP contribution in [0.4, 0.5) is 0 Å². The zero-order valence-electron chi connectivity index (χ0n) is 8.99. The number of hydrogen-bond donors (Lipinski definition) is 0. The molecular formula is C13H15NS. The Morgan fingerprint density at radius 3 is 2.87 bits per heavy atom. The zero-order valence-corrected chi connectivity index (χ0v) is 9.81. The van der Waals surface area contributed by atoms with Crippen molar-refractivity contribution in [3.05, 3.63) is 29.3 Å². The molecule has 1 fully saturated rings. The second kappa shape index (κ2) is 4.72. The van der Waals surface area contributed by atoms with E-state index in [1.165, 1.54) is 23.3 Å². The van der Waals surface area contributed by atoms with Crippen LogP contribution in [0, 0.1) is 11.3 Å². The fourth-order valence-electron chi connectivity index (χ4n) is 1.60. The van der Waals surface area contributed by atoms with Gasteiger partial charge in [0.25, 0.3) is 0 Å². The van der Waals surface area contributed by atoms with Crippen LogP contribution in [0.5, 0.6) is 0 Å². The predicted molar refractivity (Wildman–Crippen MR) is 64.0 cm³/mol. The summed E-state index contributed by atoms with van der Waals surface area (Å²) in [6.07, 6.45) is 4.79. The highest BCUT2D eigenvalue weighted by Gasteiger charge is 2.22. The standard InChI is InChI=1S/C13H15NS/c1-2-3-10-4-5-13(8-11(10)9-14)15-12-6-7-12/h4-5,8,12H,2-3,6-7H2,1H3. The maximum Gasteiger partial charge on any atom is 0.0994 e. The van der Waals surface area contributed by atoms with Crippen LogP contribution >= 0.6 is 11.8 Å². The van der Waals surface area contributed by atoms with Gasteiger partial charge in [0.1, 0.15) is 0 Å². The molecule has 0 heterocycles. The SMILES string of the molecule is CCCc1ccc(SC2CC2)cc1C#N. The molecule has 0 spiro atoms. The summed E-state index contributed by atoms with van der Waals surface area (Å²) in [5, 5.41) is 9.87. The monoisotopic (exact) mass is 217 g/mol. The van der Waals surface area contributed by atoms with Gasteiger partial charge in [0.15, 0.2) is 0 Å². The van der Waals surface area contributed by atoms with Crippen LogP contribution in [0.15, 0.2) is 23.1 Å². The van der Waals surface area contributed by atoms with Gasteiger partial charge in [-0.15, -0.1) is 11.8 Å². The molecule has 0 aromatic heterocycles. The first-order chi connectivity index (χ1) is 7.33. The third-order valence-corrected chi connectivity index (χ3v) is 3.88. The molecule has 78 valence electrons. The highest BCUT2D eigenvalue weighted by atomic mass is 32.2. The molecule has 1 aromatic carbocycles. The molecule has 0 aliphatic heterocycles. The number of nitriles is 1. The lowest BCUT2D eigenvalue weighted by Crippen LogP contribution is -1.90. The van der Waals surface area contributed by atoms with Crippen LogP contribution in [0.2, 0.25) is 0 Å². The van der Waals surface area contributed by atoms with E-state index in [9.17, 15) is 0 Å². The Labute approximate surface area is 95.5 Å². The Morgan fingerprint density at radius 1 is 1.47 bits per heavy atom. The van der Waals surface area contributed by atoms with Gasteiger partial charge in [-0.3, -0.25) is 0 Å². The molecule has 1 saturated carbocycles. The van der Waals surface area contributed by atoms with Gasteiger partial charge < -0.3 is 0 Å². The van der Waals surface area contributed by atoms with E-state index >= 15 is 0 Å². The zero-order chi connectivity index (χ0) is 10.7. The van der Waals surface area contributed by atoms with Crippen molar-refractivity contribution in [3.63, 3.8) is 0 Å². The van der Waals surface area contributed by atoms with Gasteiger partial charge in [-0.2, -0.15) is 5.26 Å². The minimum atomic E-state index is 0.813. The lowest BCUT2D eigenvalue weighted by atomic mass is 10.0. The summed E-state index contributed by atoms with van der Waals surface area (Å²) in [5.74, 6) is 0. The molecule has 0 atom stereocenters. The van der Waals surface area contributed by atoms with Crippen molar-refractivity contribution in [2.24, 2.45) is 0 Å². The van der Waals surface area contributed by atoms with E-state index in [0.717, 1.165) is 23.7 Å². The lowest BCUT2D eigenvalue weighted by molar-refractivity contribution is 0.916. The van der Waals surface area contributed by atoms with E-state index in [0.29, 0.717) is 0 Å². The number of thioether (sulfide) groups is 1. The average Bonchev–Trinajstić information content (AvgIpc) is 3.04. The van der Waals surface area contributed by atoms with E-state index < -0.39 is 0 Å². The van der Waals surface area contributed by atoms with Gasteiger partial charge in [0, 0.05) is 10.1 Å². The first-order valence-corrected chi connectivity index (χ1v) is 6.41. The molecule has 0 bridgehead atoms. The van der Waals surface area contributed by atoms with Gasteiger partial charge >= 0.3 is 0 Å². The third-order valence-electron chi connectivity index (χ3n) is 2.55. The van der Waals surface area contributed by atoms with Crippen molar-refractivity contribution in [2.75, 3.05) is 0 Å². The maximum atomic E-state index is 9.06.